The van der Waals surface area contributed by atoms with Gasteiger partial charge in [-0.2, -0.15) is 26.3 Å². The highest BCUT2D eigenvalue weighted by Gasteiger charge is 2.71. The summed E-state index contributed by atoms with van der Waals surface area (Å²) in [5.41, 5.74) is -0.263. The molecule has 1 amide bonds. The Kier molecular flexibility index (Phi) is 8.26. The zero-order chi connectivity index (χ0) is 28.7. The largest absolute Gasteiger partial charge is 0.430 e. The number of fused-ring (bicyclic) bond motifs is 1. The van der Waals surface area contributed by atoms with E-state index in [-0.39, 0.29) is 43.0 Å². The second-order valence-electron chi connectivity index (χ2n) is 10.1. The Morgan fingerprint density at radius 3 is 2.18 bits per heavy atom. The van der Waals surface area contributed by atoms with Crippen LogP contribution in [0, 0.1) is 6.92 Å². The zero-order valence-corrected chi connectivity index (χ0v) is 21.7. The lowest BCUT2D eigenvalue weighted by Crippen LogP contribution is -2.54. The van der Waals surface area contributed by atoms with Gasteiger partial charge in [0.15, 0.2) is 11.0 Å². The Balaban J connectivity index is 2.04. The minimum absolute atomic E-state index is 0.00812. The fourth-order valence-electron chi connectivity index (χ4n) is 4.24. The number of nitrogens with two attached hydrogens (primary N) is 1. The highest BCUT2D eigenvalue weighted by molar-refractivity contribution is 7.86. The van der Waals surface area contributed by atoms with Gasteiger partial charge in [-0.25, -0.2) is 4.21 Å². The van der Waals surface area contributed by atoms with Crippen LogP contribution in [0.2, 0.25) is 0 Å². The van der Waals surface area contributed by atoms with Crippen molar-refractivity contribution in [2.75, 3.05) is 10.8 Å². The molecule has 2 aromatic carbocycles. The minimum atomic E-state index is -6.03. The molecule has 0 fully saturated rings. The number of alkyl halides is 6. The molecule has 1 aliphatic rings. The van der Waals surface area contributed by atoms with E-state index in [0.717, 1.165) is 11.6 Å². The van der Waals surface area contributed by atoms with Crippen LogP contribution >= 0.6 is 0 Å². The number of carbonyl (C=O) groups excluding carboxylic acids is 1. The summed E-state index contributed by atoms with van der Waals surface area (Å²) in [6, 6.07) is 8.24. The molecule has 0 saturated heterocycles. The maximum absolute atomic E-state index is 13.7. The van der Waals surface area contributed by atoms with Crippen molar-refractivity contribution in [3.8, 4) is 0 Å². The molecule has 38 heavy (non-hydrogen) atoms. The number of benzene rings is 2. The standard InChI is InChI=1S/C25H29F6N3O3S/c1-15-4-9-19(10-5-15)38(37)34-18(14-33-21(35)13-22(2,3)32)8-6-16-12-17(7-11-20(16)34)23(36,24(26,27)28)25(29,30)31/h4-5,7,9-12,18,36H,6,8,13-14,32H2,1-3H3,(H,33,35)/t18-,38?/m0/s1. The number of hydrogen-bond donors (Lipinski definition) is 3. The molecule has 1 aliphatic heterocycles. The van der Waals surface area contributed by atoms with E-state index in [1.54, 1.807) is 38.1 Å². The van der Waals surface area contributed by atoms with Crippen molar-refractivity contribution in [1.82, 2.24) is 5.32 Å². The molecule has 2 aromatic rings. The average Bonchev–Trinajstić information content (AvgIpc) is 2.79. The van der Waals surface area contributed by atoms with Crippen molar-refractivity contribution in [1.29, 1.82) is 0 Å². The number of aliphatic hydroxyl groups is 1. The van der Waals surface area contributed by atoms with E-state index in [1.165, 1.54) is 4.31 Å². The summed E-state index contributed by atoms with van der Waals surface area (Å²) in [6.07, 6.45) is -11.9. The van der Waals surface area contributed by atoms with E-state index in [9.17, 15) is 40.5 Å². The fraction of sp³-hybridized carbons (Fsp3) is 0.480. The van der Waals surface area contributed by atoms with Gasteiger partial charge in [0, 0.05) is 24.1 Å². The number of carbonyl (C=O) groups is 1. The van der Waals surface area contributed by atoms with Gasteiger partial charge in [-0.15, -0.1) is 0 Å². The van der Waals surface area contributed by atoms with Crippen LogP contribution in [-0.4, -0.2) is 45.7 Å². The van der Waals surface area contributed by atoms with Crippen LogP contribution in [0.15, 0.2) is 47.4 Å². The number of anilines is 1. The van der Waals surface area contributed by atoms with Crippen LogP contribution in [0.4, 0.5) is 32.0 Å². The van der Waals surface area contributed by atoms with Crippen LogP contribution in [0.25, 0.3) is 0 Å². The molecule has 2 atom stereocenters. The Hall–Kier alpha value is -2.64. The van der Waals surface area contributed by atoms with Gasteiger partial charge in [-0.3, -0.25) is 9.10 Å². The van der Waals surface area contributed by atoms with E-state index in [0.29, 0.717) is 17.0 Å². The van der Waals surface area contributed by atoms with E-state index in [4.69, 9.17) is 5.73 Å². The van der Waals surface area contributed by atoms with Gasteiger partial charge in [-0.1, -0.05) is 29.8 Å². The molecule has 1 unspecified atom stereocenters. The third kappa shape index (κ3) is 6.15. The van der Waals surface area contributed by atoms with E-state index < -0.39 is 46.1 Å². The molecule has 1 heterocycles. The number of hydrogen-bond acceptors (Lipinski definition) is 4. The molecule has 6 nitrogen and oxygen atoms in total. The van der Waals surface area contributed by atoms with Gasteiger partial charge in [0.05, 0.1) is 16.6 Å². The molecule has 0 radical (unpaired) electrons. The summed E-state index contributed by atoms with van der Waals surface area (Å²) in [6.45, 7) is 5.18. The van der Waals surface area contributed by atoms with Gasteiger partial charge < -0.3 is 16.2 Å². The van der Waals surface area contributed by atoms with Crippen LogP contribution < -0.4 is 15.4 Å². The number of amides is 1. The molecule has 0 spiro atoms. The molecule has 0 bridgehead atoms. The quantitative estimate of drug-likeness (QED) is 0.434. The van der Waals surface area contributed by atoms with Crippen molar-refractivity contribution in [2.24, 2.45) is 5.73 Å². The molecule has 3 rings (SSSR count). The highest BCUT2D eigenvalue weighted by atomic mass is 32.2. The van der Waals surface area contributed by atoms with Crippen LogP contribution in [0.3, 0.4) is 0 Å². The van der Waals surface area contributed by atoms with Crippen molar-refractivity contribution in [3.63, 3.8) is 0 Å². The van der Waals surface area contributed by atoms with Crippen molar-refractivity contribution < 1.29 is 40.5 Å². The highest BCUT2D eigenvalue weighted by Crippen LogP contribution is 2.51. The maximum Gasteiger partial charge on any atom is 0.430 e. The molecule has 0 saturated carbocycles. The predicted molar refractivity (Wildman–Crippen MR) is 131 cm³/mol. The molecule has 0 aliphatic carbocycles. The summed E-state index contributed by atoms with van der Waals surface area (Å²) in [5, 5.41) is 12.6. The second kappa shape index (κ2) is 10.5. The SMILES string of the molecule is Cc1ccc(S(=O)N2c3ccc(C(O)(C(F)(F)F)C(F)(F)F)cc3CC[C@H]2CNC(=O)CC(C)(C)N)cc1. The van der Waals surface area contributed by atoms with E-state index in [2.05, 4.69) is 5.32 Å². The topological polar surface area (TPSA) is 95.7 Å². The normalized spacial score (nSPS) is 17.7. The Labute approximate surface area is 218 Å². The Morgan fingerprint density at radius 2 is 1.66 bits per heavy atom. The fourth-order valence-corrected chi connectivity index (χ4v) is 5.64. The van der Waals surface area contributed by atoms with Gasteiger partial charge >= 0.3 is 12.4 Å². The van der Waals surface area contributed by atoms with Crippen LogP contribution in [0.1, 0.15) is 43.4 Å². The third-order valence-electron chi connectivity index (χ3n) is 6.19. The first-order chi connectivity index (χ1) is 17.3. The van der Waals surface area contributed by atoms with E-state index in [1.807, 2.05) is 6.92 Å². The first-order valence-corrected chi connectivity index (χ1v) is 12.8. The van der Waals surface area contributed by atoms with Crippen LogP contribution in [-0.2, 0) is 27.8 Å². The lowest BCUT2D eigenvalue weighted by Gasteiger charge is -2.39. The minimum Gasteiger partial charge on any atom is -0.369 e. The summed E-state index contributed by atoms with van der Waals surface area (Å²) in [4.78, 5) is 12.7. The number of nitrogens with one attached hydrogen (secondary N) is 1. The third-order valence-corrected chi connectivity index (χ3v) is 7.71. The molecular formula is C25H29F6N3O3S. The number of nitrogens with zero attached hydrogens (tertiary/aromatic N) is 1. The summed E-state index contributed by atoms with van der Waals surface area (Å²) >= 11 is 0. The lowest BCUT2D eigenvalue weighted by atomic mass is 9.88. The van der Waals surface area contributed by atoms with Gasteiger partial charge in [0.2, 0.25) is 5.91 Å². The molecule has 0 aromatic heterocycles. The van der Waals surface area contributed by atoms with Gasteiger partial charge in [-0.05, 0) is 57.4 Å². The predicted octanol–water partition coefficient (Wildman–Crippen LogP) is 4.39. The molecule has 4 N–H and O–H groups in total. The first-order valence-electron chi connectivity index (χ1n) is 11.7. The molecule has 210 valence electrons. The number of rotatable bonds is 7. The van der Waals surface area contributed by atoms with Crippen molar-refractivity contribution in [3.05, 3.63) is 59.2 Å². The summed E-state index contributed by atoms with van der Waals surface area (Å²) in [5.74, 6) is -0.361. The Morgan fingerprint density at radius 1 is 1.08 bits per heavy atom. The monoisotopic (exact) mass is 565 g/mol. The summed E-state index contributed by atoms with van der Waals surface area (Å²) < 4.78 is 95.8. The summed E-state index contributed by atoms with van der Waals surface area (Å²) in [7, 11) is -1.91. The van der Waals surface area contributed by atoms with Gasteiger partial charge in [0.1, 0.15) is 0 Å². The van der Waals surface area contributed by atoms with Gasteiger partial charge in [0.25, 0.3) is 5.60 Å². The number of halogens is 6. The smallest absolute Gasteiger partial charge is 0.369 e. The average molecular weight is 566 g/mol. The van der Waals surface area contributed by atoms with Crippen LogP contribution in [0.5, 0.6) is 0 Å². The van der Waals surface area contributed by atoms with Crippen molar-refractivity contribution in [2.45, 2.75) is 74.5 Å². The van der Waals surface area contributed by atoms with Crippen molar-refractivity contribution >= 4 is 22.6 Å². The Bertz CT molecular complexity index is 1180. The maximum atomic E-state index is 13.7. The molecule has 13 heteroatoms. The van der Waals surface area contributed by atoms with E-state index >= 15 is 0 Å². The molecular weight excluding hydrogens is 536 g/mol. The first kappa shape index (κ1) is 29.9. The number of aryl methyl sites for hydroxylation is 2. The zero-order valence-electron chi connectivity index (χ0n) is 20.9. The second-order valence-corrected chi connectivity index (χ2v) is 11.5. The lowest BCUT2D eigenvalue weighted by molar-refractivity contribution is -0.376.